The van der Waals surface area contributed by atoms with Crippen molar-refractivity contribution in [2.45, 2.75) is 31.7 Å². The van der Waals surface area contributed by atoms with Crippen LogP contribution in [0.5, 0.6) is 0 Å². The Bertz CT molecular complexity index is 938. The smallest absolute Gasteiger partial charge is 0.271 e. The van der Waals surface area contributed by atoms with Crippen LogP contribution in [0.3, 0.4) is 0 Å². The molecule has 0 unspecified atom stereocenters. The van der Waals surface area contributed by atoms with Gasteiger partial charge in [-0.1, -0.05) is 12.1 Å². The van der Waals surface area contributed by atoms with E-state index in [0.29, 0.717) is 19.4 Å². The monoisotopic (exact) mass is 378 g/mol. The standard InChI is InChI=1S/C20H22N6O2/c27-18(8-3-9-23-20(28)16-13-21-10-11-22-16)26-12-4-7-17(26)19-24-14-5-1-2-6-15(14)25-19/h1-2,5-6,10-11,13,17H,3-4,7-9,12H2,(H,23,28)(H,24,25)/t17-/m0/s1. The van der Waals surface area contributed by atoms with Crippen LogP contribution < -0.4 is 5.32 Å². The zero-order valence-corrected chi connectivity index (χ0v) is 15.5. The molecule has 1 aliphatic heterocycles. The molecule has 0 bridgehead atoms. The van der Waals surface area contributed by atoms with Crippen LogP contribution in [0.2, 0.25) is 0 Å². The molecule has 8 heteroatoms. The minimum Gasteiger partial charge on any atom is -0.351 e. The molecule has 1 aromatic carbocycles. The number of rotatable bonds is 6. The molecule has 1 saturated heterocycles. The second kappa shape index (κ2) is 8.16. The number of hydrogen-bond donors (Lipinski definition) is 2. The van der Waals surface area contributed by atoms with Crippen LogP contribution in [0.25, 0.3) is 11.0 Å². The fraction of sp³-hybridized carbons (Fsp3) is 0.350. The van der Waals surface area contributed by atoms with Gasteiger partial charge in [-0.3, -0.25) is 14.6 Å². The van der Waals surface area contributed by atoms with Gasteiger partial charge >= 0.3 is 0 Å². The summed E-state index contributed by atoms with van der Waals surface area (Å²) < 4.78 is 0. The van der Waals surface area contributed by atoms with Crippen molar-refractivity contribution in [3.8, 4) is 0 Å². The number of carbonyl (C=O) groups is 2. The fourth-order valence-corrected chi connectivity index (χ4v) is 3.57. The third-order valence-electron chi connectivity index (χ3n) is 4.95. The van der Waals surface area contributed by atoms with E-state index in [1.54, 1.807) is 0 Å². The second-order valence-electron chi connectivity index (χ2n) is 6.83. The van der Waals surface area contributed by atoms with E-state index in [4.69, 9.17) is 0 Å². The van der Waals surface area contributed by atoms with E-state index < -0.39 is 0 Å². The number of aromatic nitrogens is 4. The second-order valence-corrected chi connectivity index (χ2v) is 6.83. The van der Waals surface area contributed by atoms with E-state index in [2.05, 4.69) is 25.3 Å². The molecule has 144 valence electrons. The van der Waals surface area contributed by atoms with Crippen LogP contribution >= 0.6 is 0 Å². The van der Waals surface area contributed by atoms with E-state index in [1.165, 1.54) is 18.6 Å². The number of para-hydroxylation sites is 2. The topological polar surface area (TPSA) is 104 Å². The van der Waals surface area contributed by atoms with Crippen LogP contribution in [-0.2, 0) is 4.79 Å². The number of nitrogens with one attached hydrogen (secondary N) is 2. The minimum absolute atomic E-state index is 0.00548. The van der Waals surface area contributed by atoms with Gasteiger partial charge in [-0.15, -0.1) is 0 Å². The summed E-state index contributed by atoms with van der Waals surface area (Å²) >= 11 is 0. The van der Waals surface area contributed by atoms with Crippen LogP contribution in [0, 0.1) is 0 Å². The zero-order valence-electron chi connectivity index (χ0n) is 15.5. The molecule has 1 atom stereocenters. The van der Waals surface area contributed by atoms with Gasteiger partial charge in [0, 0.05) is 31.9 Å². The Kier molecular flexibility index (Phi) is 5.27. The van der Waals surface area contributed by atoms with Crippen molar-refractivity contribution in [2.75, 3.05) is 13.1 Å². The highest BCUT2D eigenvalue weighted by Crippen LogP contribution is 2.31. The Morgan fingerprint density at radius 3 is 2.96 bits per heavy atom. The molecular formula is C20H22N6O2. The predicted octanol–water partition coefficient (Wildman–Crippen LogP) is 2.23. The Hall–Kier alpha value is -3.29. The van der Waals surface area contributed by atoms with Gasteiger partial charge in [-0.2, -0.15) is 0 Å². The number of amides is 2. The third kappa shape index (κ3) is 3.85. The Morgan fingerprint density at radius 1 is 1.25 bits per heavy atom. The van der Waals surface area contributed by atoms with Gasteiger partial charge < -0.3 is 15.2 Å². The molecule has 0 aliphatic carbocycles. The Morgan fingerprint density at radius 2 is 2.14 bits per heavy atom. The summed E-state index contributed by atoms with van der Waals surface area (Å²) in [6, 6.07) is 7.88. The highest BCUT2D eigenvalue weighted by Gasteiger charge is 2.31. The number of likely N-dealkylation sites (tertiary alicyclic amines) is 1. The molecule has 0 radical (unpaired) electrons. The number of H-pyrrole nitrogens is 1. The number of hydrogen-bond acceptors (Lipinski definition) is 5. The van der Waals surface area contributed by atoms with Crippen molar-refractivity contribution in [1.29, 1.82) is 0 Å². The van der Waals surface area contributed by atoms with Gasteiger partial charge in [0.1, 0.15) is 11.5 Å². The van der Waals surface area contributed by atoms with Gasteiger partial charge in [0.25, 0.3) is 5.91 Å². The number of imidazole rings is 1. The van der Waals surface area contributed by atoms with Crippen LogP contribution in [0.15, 0.2) is 42.9 Å². The first kappa shape index (κ1) is 18.1. The normalized spacial score (nSPS) is 16.4. The molecule has 2 aromatic heterocycles. The van der Waals surface area contributed by atoms with Crippen LogP contribution in [0.1, 0.15) is 48.0 Å². The number of aromatic amines is 1. The first-order chi connectivity index (χ1) is 13.7. The zero-order chi connectivity index (χ0) is 19.3. The lowest BCUT2D eigenvalue weighted by Gasteiger charge is -2.23. The van der Waals surface area contributed by atoms with Crippen molar-refractivity contribution in [3.63, 3.8) is 0 Å². The van der Waals surface area contributed by atoms with E-state index in [0.717, 1.165) is 36.2 Å². The molecule has 0 saturated carbocycles. The summed E-state index contributed by atoms with van der Waals surface area (Å²) in [5.74, 6) is 0.668. The van der Waals surface area contributed by atoms with Crippen LogP contribution in [0.4, 0.5) is 0 Å². The van der Waals surface area contributed by atoms with Gasteiger partial charge in [0.15, 0.2) is 0 Å². The molecule has 4 rings (SSSR count). The molecule has 2 amide bonds. The van der Waals surface area contributed by atoms with Gasteiger partial charge in [0.2, 0.25) is 5.91 Å². The lowest BCUT2D eigenvalue weighted by Crippen LogP contribution is -2.32. The summed E-state index contributed by atoms with van der Waals surface area (Å²) in [7, 11) is 0. The highest BCUT2D eigenvalue weighted by molar-refractivity contribution is 5.91. The first-order valence-corrected chi connectivity index (χ1v) is 9.51. The maximum Gasteiger partial charge on any atom is 0.271 e. The Balaban J connectivity index is 1.30. The molecule has 28 heavy (non-hydrogen) atoms. The molecule has 0 spiro atoms. The highest BCUT2D eigenvalue weighted by atomic mass is 16.2. The van der Waals surface area contributed by atoms with E-state index in [-0.39, 0.29) is 23.6 Å². The number of benzene rings is 1. The Labute approximate surface area is 162 Å². The molecular weight excluding hydrogens is 356 g/mol. The summed E-state index contributed by atoms with van der Waals surface area (Å²) in [5.41, 5.74) is 2.19. The van der Waals surface area contributed by atoms with Crippen LogP contribution in [-0.4, -0.2) is 49.7 Å². The van der Waals surface area contributed by atoms with E-state index in [1.807, 2.05) is 29.2 Å². The fourth-order valence-electron chi connectivity index (χ4n) is 3.57. The summed E-state index contributed by atoms with van der Waals surface area (Å²) in [6.45, 7) is 1.16. The van der Waals surface area contributed by atoms with E-state index >= 15 is 0 Å². The molecule has 1 fully saturated rings. The maximum atomic E-state index is 12.7. The SMILES string of the molecule is O=C(NCCCC(=O)N1CCC[C@H]1c1nc2ccccc2[nH]1)c1cnccn1. The van der Waals surface area contributed by atoms with E-state index in [9.17, 15) is 9.59 Å². The predicted molar refractivity (Wildman–Crippen MR) is 103 cm³/mol. The summed E-state index contributed by atoms with van der Waals surface area (Å²) in [5, 5.41) is 2.77. The molecule has 3 aromatic rings. The lowest BCUT2D eigenvalue weighted by atomic mass is 10.2. The first-order valence-electron chi connectivity index (χ1n) is 9.51. The maximum absolute atomic E-state index is 12.7. The van der Waals surface area contributed by atoms with Crippen molar-refractivity contribution in [1.82, 2.24) is 30.2 Å². The number of nitrogens with zero attached hydrogens (tertiary/aromatic N) is 4. The van der Waals surface area contributed by atoms with Gasteiger partial charge in [-0.05, 0) is 31.4 Å². The van der Waals surface area contributed by atoms with Gasteiger partial charge in [0.05, 0.1) is 23.3 Å². The number of fused-ring (bicyclic) bond motifs is 1. The largest absolute Gasteiger partial charge is 0.351 e. The summed E-state index contributed by atoms with van der Waals surface area (Å²) in [4.78, 5) is 42.4. The van der Waals surface area contributed by atoms with Crippen molar-refractivity contribution in [3.05, 3.63) is 54.4 Å². The number of carbonyl (C=O) groups excluding carboxylic acids is 2. The average molecular weight is 378 g/mol. The average Bonchev–Trinajstić information content (AvgIpc) is 3.38. The van der Waals surface area contributed by atoms with Crippen molar-refractivity contribution < 1.29 is 9.59 Å². The molecule has 3 heterocycles. The third-order valence-corrected chi connectivity index (χ3v) is 4.95. The lowest BCUT2D eigenvalue weighted by molar-refractivity contribution is -0.132. The molecule has 2 N–H and O–H groups in total. The van der Waals surface area contributed by atoms with Gasteiger partial charge in [-0.25, -0.2) is 9.97 Å². The van der Waals surface area contributed by atoms with Crippen molar-refractivity contribution in [2.24, 2.45) is 0 Å². The molecule has 1 aliphatic rings. The minimum atomic E-state index is -0.276. The van der Waals surface area contributed by atoms with Crippen molar-refractivity contribution >= 4 is 22.8 Å². The molecule has 8 nitrogen and oxygen atoms in total. The quantitative estimate of drug-likeness (QED) is 0.640. The summed E-state index contributed by atoms with van der Waals surface area (Å²) in [6.07, 6.45) is 7.26.